The van der Waals surface area contributed by atoms with E-state index >= 15 is 0 Å². The Hall–Kier alpha value is -1.72. The second-order valence-electron chi connectivity index (χ2n) is 7.31. The Morgan fingerprint density at radius 1 is 1.39 bits per heavy atom. The van der Waals surface area contributed by atoms with Crippen molar-refractivity contribution in [2.45, 2.75) is 42.4 Å². The van der Waals surface area contributed by atoms with E-state index in [-0.39, 0.29) is 11.8 Å². The number of hydrogen-bond acceptors (Lipinski definition) is 5. The number of rotatable bonds is 1. The van der Waals surface area contributed by atoms with Gasteiger partial charge in [-0.15, -0.1) is 0 Å². The lowest BCUT2D eigenvalue weighted by atomic mass is 9.50. The van der Waals surface area contributed by atoms with Gasteiger partial charge in [0, 0.05) is 18.0 Å². The molecule has 4 atom stereocenters. The lowest BCUT2D eigenvalue weighted by Gasteiger charge is -2.61. The van der Waals surface area contributed by atoms with Gasteiger partial charge >= 0.3 is 0 Å². The zero-order valence-corrected chi connectivity index (χ0v) is 13.4. The van der Waals surface area contributed by atoms with Crippen LogP contribution in [0.15, 0.2) is 24.0 Å². The summed E-state index contributed by atoms with van der Waals surface area (Å²) in [6.07, 6.45) is 3.25. The maximum atomic E-state index is 11.7. The second-order valence-corrected chi connectivity index (χ2v) is 7.31. The highest BCUT2D eigenvalue weighted by Crippen LogP contribution is 2.64. The highest BCUT2D eigenvalue weighted by molar-refractivity contribution is 5.64. The summed E-state index contributed by atoms with van der Waals surface area (Å²) >= 11 is 0. The summed E-state index contributed by atoms with van der Waals surface area (Å²) in [5.74, 6) is 1.63. The standard InChI is InChI=1S/C18H21NO4/c1-19-8-7-17-14-10-3-4-12(22-2)15(14)23-16(17)11(20)5-6-18(17,21)13(19)9-10/h3-5,13,16,20-21H,6-9H2,1-2H3/t13-,16+,17+,18-/m1/s1. The Bertz CT molecular complexity index is 745. The van der Waals surface area contributed by atoms with Gasteiger partial charge in [0.2, 0.25) is 0 Å². The fourth-order valence-electron chi connectivity index (χ4n) is 5.51. The largest absolute Gasteiger partial charge is 0.509 e. The van der Waals surface area contributed by atoms with E-state index < -0.39 is 17.1 Å². The van der Waals surface area contributed by atoms with Crippen LogP contribution in [-0.2, 0) is 11.8 Å². The van der Waals surface area contributed by atoms with E-state index in [1.54, 1.807) is 13.2 Å². The van der Waals surface area contributed by atoms with Gasteiger partial charge in [0.05, 0.1) is 18.1 Å². The van der Waals surface area contributed by atoms with Crippen molar-refractivity contribution in [2.24, 2.45) is 0 Å². The van der Waals surface area contributed by atoms with Crippen LogP contribution in [0.25, 0.3) is 0 Å². The van der Waals surface area contributed by atoms with Crippen molar-refractivity contribution in [3.05, 3.63) is 35.1 Å². The molecule has 122 valence electrons. The number of likely N-dealkylation sites (N-methyl/N-ethyl adjacent to an activating group) is 1. The van der Waals surface area contributed by atoms with Crippen molar-refractivity contribution in [2.75, 3.05) is 20.7 Å². The molecule has 2 aliphatic heterocycles. The second kappa shape index (κ2) is 4.02. The summed E-state index contributed by atoms with van der Waals surface area (Å²) in [4.78, 5) is 2.25. The van der Waals surface area contributed by atoms with Crippen LogP contribution in [0.4, 0.5) is 0 Å². The number of benzene rings is 1. The number of aliphatic hydroxyl groups is 2. The fraction of sp³-hybridized carbons (Fsp3) is 0.556. The first-order chi connectivity index (χ1) is 11.0. The van der Waals surface area contributed by atoms with Crippen molar-refractivity contribution in [3.8, 4) is 11.5 Å². The molecule has 1 aromatic carbocycles. The lowest BCUT2D eigenvalue weighted by molar-refractivity contribution is -0.163. The van der Waals surface area contributed by atoms with E-state index in [0.29, 0.717) is 17.9 Å². The number of ether oxygens (including phenoxy) is 2. The van der Waals surface area contributed by atoms with E-state index in [2.05, 4.69) is 18.0 Å². The Balaban J connectivity index is 1.87. The molecule has 2 N–H and O–H groups in total. The maximum absolute atomic E-state index is 11.7. The molecule has 0 aromatic heterocycles. The zero-order chi connectivity index (χ0) is 16.0. The van der Waals surface area contributed by atoms with E-state index in [1.165, 1.54) is 5.56 Å². The smallest absolute Gasteiger partial charge is 0.168 e. The van der Waals surface area contributed by atoms with Crippen LogP contribution in [0.1, 0.15) is 24.0 Å². The summed E-state index contributed by atoms with van der Waals surface area (Å²) < 4.78 is 11.7. The molecular formula is C18H21NO4. The van der Waals surface area contributed by atoms with Crippen molar-refractivity contribution in [1.29, 1.82) is 0 Å². The van der Waals surface area contributed by atoms with Crippen LogP contribution in [0.5, 0.6) is 11.5 Å². The zero-order valence-electron chi connectivity index (χ0n) is 13.4. The third-order valence-corrected chi connectivity index (χ3v) is 6.58. The predicted molar refractivity (Wildman–Crippen MR) is 84.1 cm³/mol. The van der Waals surface area contributed by atoms with Gasteiger partial charge in [0.1, 0.15) is 5.76 Å². The Morgan fingerprint density at radius 2 is 2.22 bits per heavy atom. The normalized spacial score (nSPS) is 40.2. The Labute approximate surface area is 135 Å². The van der Waals surface area contributed by atoms with E-state index in [9.17, 15) is 10.2 Å². The molecule has 1 saturated heterocycles. The van der Waals surface area contributed by atoms with E-state index in [4.69, 9.17) is 9.47 Å². The van der Waals surface area contributed by atoms with E-state index in [1.807, 2.05) is 6.07 Å². The number of hydrogen-bond donors (Lipinski definition) is 2. The summed E-state index contributed by atoms with van der Waals surface area (Å²) in [6, 6.07) is 4.06. The van der Waals surface area contributed by atoms with Gasteiger partial charge in [-0.2, -0.15) is 0 Å². The number of methoxy groups -OCH3 is 1. The van der Waals surface area contributed by atoms with Crippen molar-refractivity contribution >= 4 is 0 Å². The molecule has 1 fully saturated rings. The first-order valence-corrected chi connectivity index (χ1v) is 8.21. The molecule has 1 spiro atoms. The molecule has 0 radical (unpaired) electrons. The average molecular weight is 315 g/mol. The molecule has 4 aliphatic rings. The van der Waals surface area contributed by atoms with Gasteiger partial charge in [-0.05, 0) is 44.1 Å². The summed E-state index contributed by atoms with van der Waals surface area (Å²) in [5.41, 5.74) is 0.787. The van der Waals surface area contributed by atoms with Crippen LogP contribution in [0, 0.1) is 0 Å². The molecule has 2 heterocycles. The molecule has 2 aliphatic carbocycles. The third-order valence-electron chi connectivity index (χ3n) is 6.58. The van der Waals surface area contributed by atoms with Gasteiger partial charge < -0.3 is 24.6 Å². The minimum Gasteiger partial charge on any atom is -0.509 e. The molecule has 5 nitrogen and oxygen atoms in total. The lowest BCUT2D eigenvalue weighted by Crippen LogP contribution is -2.74. The van der Waals surface area contributed by atoms with Crippen LogP contribution in [-0.4, -0.2) is 53.6 Å². The number of likely N-dealkylation sites (tertiary alicyclic amines) is 1. The summed E-state index contributed by atoms with van der Waals surface area (Å²) in [5, 5.41) is 22.3. The quantitative estimate of drug-likeness (QED) is 0.823. The Kier molecular flexibility index (Phi) is 2.40. The molecule has 2 bridgehead atoms. The maximum Gasteiger partial charge on any atom is 0.168 e. The molecule has 0 amide bonds. The molecule has 0 unspecified atom stereocenters. The highest BCUT2D eigenvalue weighted by Gasteiger charge is 2.71. The SMILES string of the molecule is COc1ccc2c3c1O[C@H]1C(O)=CC[C@@]4(O)[C@@H](C2)N(C)CC[C@]314. The molecule has 23 heavy (non-hydrogen) atoms. The van der Waals surface area contributed by atoms with Gasteiger partial charge in [0.15, 0.2) is 17.6 Å². The van der Waals surface area contributed by atoms with Gasteiger partial charge in [-0.25, -0.2) is 0 Å². The minimum atomic E-state index is -0.915. The number of piperidine rings is 1. The fourth-order valence-corrected chi connectivity index (χ4v) is 5.51. The van der Waals surface area contributed by atoms with Crippen molar-refractivity contribution < 1.29 is 19.7 Å². The number of nitrogens with zero attached hydrogens (tertiary/aromatic N) is 1. The summed E-state index contributed by atoms with van der Waals surface area (Å²) in [7, 11) is 3.71. The van der Waals surface area contributed by atoms with Crippen LogP contribution in [0.3, 0.4) is 0 Å². The van der Waals surface area contributed by atoms with Gasteiger partial charge in [-0.3, -0.25) is 0 Å². The molecular weight excluding hydrogens is 294 g/mol. The summed E-state index contributed by atoms with van der Waals surface area (Å²) in [6.45, 7) is 0.885. The topological polar surface area (TPSA) is 62.2 Å². The van der Waals surface area contributed by atoms with Crippen LogP contribution in [0.2, 0.25) is 0 Å². The van der Waals surface area contributed by atoms with Gasteiger partial charge in [0.25, 0.3) is 0 Å². The highest BCUT2D eigenvalue weighted by atomic mass is 16.5. The molecule has 1 aromatic rings. The Morgan fingerprint density at radius 3 is 3.00 bits per heavy atom. The minimum absolute atomic E-state index is 0.0403. The van der Waals surface area contributed by atoms with Gasteiger partial charge in [-0.1, -0.05) is 6.07 Å². The molecule has 0 saturated carbocycles. The molecule has 5 heteroatoms. The first-order valence-electron chi connectivity index (χ1n) is 8.21. The monoisotopic (exact) mass is 315 g/mol. The average Bonchev–Trinajstić information content (AvgIpc) is 2.90. The van der Waals surface area contributed by atoms with Crippen LogP contribution < -0.4 is 9.47 Å². The number of aliphatic hydroxyl groups excluding tert-OH is 1. The first kappa shape index (κ1) is 13.7. The third kappa shape index (κ3) is 1.30. The van der Waals surface area contributed by atoms with Crippen LogP contribution >= 0.6 is 0 Å². The van der Waals surface area contributed by atoms with E-state index in [0.717, 1.165) is 24.9 Å². The molecule has 5 rings (SSSR count). The van der Waals surface area contributed by atoms with Crippen molar-refractivity contribution in [1.82, 2.24) is 4.90 Å². The van der Waals surface area contributed by atoms with Crippen molar-refractivity contribution in [3.63, 3.8) is 0 Å². The predicted octanol–water partition coefficient (Wildman–Crippen LogP) is 1.53.